The molecular weight excluding hydrogens is 268 g/mol. The van der Waals surface area contributed by atoms with Crippen LogP contribution < -0.4 is 5.32 Å². The maximum absolute atomic E-state index is 13.0. The second kappa shape index (κ2) is 4.97. The van der Waals surface area contributed by atoms with Crippen LogP contribution in [0.25, 0.3) is 0 Å². The molecule has 0 aliphatic carbocycles. The van der Waals surface area contributed by atoms with Crippen LogP contribution in [0, 0.1) is 5.41 Å². The zero-order valence-corrected chi connectivity index (χ0v) is 10.8. The minimum absolute atomic E-state index is 0.487. The van der Waals surface area contributed by atoms with Crippen molar-refractivity contribution in [2.75, 3.05) is 13.1 Å². The van der Waals surface area contributed by atoms with E-state index in [1.54, 1.807) is 20.8 Å². The van der Waals surface area contributed by atoms with Crippen molar-refractivity contribution in [1.29, 1.82) is 0 Å². The van der Waals surface area contributed by atoms with E-state index in [0.717, 1.165) is 0 Å². The average Bonchev–Trinajstić information content (AvgIpc) is 2.20. The molecule has 8 heteroatoms. The molecule has 1 heterocycles. The Labute approximate surface area is 108 Å². The molecule has 0 spiro atoms. The van der Waals surface area contributed by atoms with Crippen molar-refractivity contribution >= 4 is 11.8 Å². The van der Waals surface area contributed by atoms with Crippen LogP contribution in [0.1, 0.15) is 20.8 Å². The molecule has 2 amide bonds. The van der Waals surface area contributed by atoms with Crippen molar-refractivity contribution < 1.29 is 27.2 Å². The lowest BCUT2D eigenvalue weighted by atomic mass is 9.84. The number of hydrogen-bond acceptors (Lipinski definition) is 2. The van der Waals surface area contributed by atoms with Gasteiger partial charge in [0, 0.05) is 0 Å². The van der Waals surface area contributed by atoms with Gasteiger partial charge in [0.05, 0.1) is 13.1 Å². The van der Waals surface area contributed by atoms with E-state index >= 15 is 0 Å². The molecule has 1 saturated heterocycles. The number of carbonyl (C=O) groups is 2. The Balaban J connectivity index is 2.90. The molecule has 0 saturated carbocycles. The quantitative estimate of drug-likeness (QED) is 0.793. The summed E-state index contributed by atoms with van der Waals surface area (Å²) in [6, 6.07) is -0.998. The first-order valence-corrected chi connectivity index (χ1v) is 5.69. The van der Waals surface area contributed by atoms with Gasteiger partial charge in [0.15, 0.2) is 0 Å². The molecule has 19 heavy (non-hydrogen) atoms. The van der Waals surface area contributed by atoms with E-state index in [2.05, 4.69) is 5.32 Å². The molecule has 0 aromatic rings. The highest BCUT2D eigenvalue weighted by Crippen LogP contribution is 2.28. The Morgan fingerprint density at radius 2 is 1.84 bits per heavy atom. The standard InChI is InChI=1S/C11H16F4N2O2/c1-10(2,3)7-8(19)17(4-6(18)16-7)5-11(14,15)9(12)13/h7,9H,4-5H2,1-3H3,(H,16,18). The van der Waals surface area contributed by atoms with Gasteiger partial charge >= 0.3 is 12.3 Å². The molecule has 1 atom stereocenters. The van der Waals surface area contributed by atoms with E-state index in [0.29, 0.717) is 4.90 Å². The second-order valence-corrected chi connectivity index (χ2v) is 5.62. The fourth-order valence-electron chi connectivity index (χ4n) is 1.75. The van der Waals surface area contributed by atoms with Gasteiger partial charge in [0.1, 0.15) is 6.04 Å². The van der Waals surface area contributed by atoms with E-state index in [1.165, 1.54) is 0 Å². The monoisotopic (exact) mass is 284 g/mol. The largest absolute Gasteiger partial charge is 0.342 e. The number of alkyl halides is 4. The number of nitrogens with zero attached hydrogens (tertiary/aromatic N) is 1. The maximum atomic E-state index is 13.0. The lowest BCUT2D eigenvalue weighted by Crippen LogP contribution is -2.64. The van der Waals surface area contributed by atoms with Crippen LogP contribution in [-0.4, -0.2) is 48.2 Å². The first-order chi connectivity index (χ1) is 8.45. The molecule has 1 unspecified atom stereocenters. The topological polar surface area (TPSA) is 49.4 Å². The molecule has 4 nitrogen and oxygen atoms in total. The molecule has 1 fully saturated rings. The molecule has 110 valence electrons. The second-order valence-electron chi connectivity index (χ2n) is 5.62. The fourth-order valence-corrected chi connectivity index (χ4v) is 1.75. The lowest BCUT2D eigenvalue weighted by molar-refractivity contribution is -0.166. The summed E-state index contributed by atoms with van der Waals surface area (Å²) in [4.78, 5) is 23.8. The molecule has 0 aromatic carbocycles. The van der Waals surface area contributed by atoms with Crippen molar-refractivity contribution in [2.24, 2.45) is 5.41 Å². The fraction of sp³-hybridized carbons (Fsp3) is 0.818. The molecule has 1 rings (SSSR count). The predicted octanol–water partition coefficient (Wildman–Crippen LogP) is 1.26. The van der Waals surface area contributed by atoms with Crippen LogP contribution in [0.2, 0.25) is 0 Å². The Hall–Kier alpha value is -1.34. The third-order valence-corrected chi connectivity index (χ3v) is 2.79. The molecule has 0 radical (unpaired) electrons. The van der Waals surface area contributed by atoms with Gasteiger partial charge in [-0.3, -0.25) is 9.59 Å². The van der Waals surface area contributed by atoms with E-state index in [9.17, 15) is 27.2 Å². The summed E-state index contributed by atoms with van der Waals surface area (Å²) < 4.78 is 50.2. The SMILES string of the molecule is CC(C)(C)C1NC(=O)CN(CC(F)(F)C(F)F)C1=O. The third-order valence-electron chi connectivity index (χ3n) is 2.79. The van der Waals surface area contributed by atoms with Crippen LogP contribution in [0.3, 0.4) is 0 Å². The summed E-state index contributed by atoms with van der Waals surface area (Å²) in [7, 11) is 0. The van der Waals surface area contributed by atoms with E-state index in [-0.39, 0.29) is 0 Å². The van der Waals surface area contributed by atoms with Crippen LogP contribution >= 0.6 is 0 Å². The molecule has 1 aliphatic heterocycles. The predicted molar refractivity (Wildman–Crippen MR) is 58.9 cm³/mol. The zero-order valence-electron chi connectivity index (χ0n) is 10.8. The Bertz CT molecular complexity index is 379. The summed E-state index contributed by atoms with van der Waals surface area (Å²) in [6.45, 7) is 2.84. The summed E-state index contributed by atoms with van der Waals surface area (Å²) in [5, 5.41) is 2.39. The zero-order chi connectivity index (χ0) is 15.0. The van der Waals surface area contributed by atoms with Crippen molar-refractivity contribution in [3.63, 3.8) is 0 Å². The van der Waals surface area contributed by atoms with Gasteiger partial charge in [0.2, 0.25) is 11.8 Å². The van der Waals surface area contributed by atoms with Gasteiger partial charge in [-0.2, -0.15) is 8.78 Å². The van der Waals surface area contributed by atoms with Crippen LogP contribution in [0.4, 0.5) is 17.6 Å². The molecule has 0 aromatic heterocycles. The molecule has 1 N–H and O–H groups in total. The minimum atomic E-state index is -4.32. The molecular formula is C11H16F4N2O2. The van der Waals surface area contributed by atoms with Crippen LogP contribution in [-0.2, 0) is 9.59 Å². The minimum Gasteiger partial charge on any atom is -0.342 e. The van der Waals surface area contributed by atoms with Crippen molar-refractivity contribution in [1.82, 2.24) is 10.2 Å². The Morgan fingerprint density at radius 3 is 2.26 bits per heavy atom. The number of rotatable bonds is 3. The number of hydrogen-bond donors (Lipinski definition) is 1. The first kappa shape index (κ1) is 15.7. The maximum Gasteiger partial charge on any atom is 0.324 e. The van der Waals surface area contributed by atoms with Crippen molar-refractivity contribution in [3.05, 3.63) is 0 Å². The Morgan fingerprint density at radius 1 is 1.32 bits per heavy atom. The smallest absolute Gasteiger partial charge is 0.324 e. The van der Waals surface area contributed by atoms with Gasteiger partial charge in [-0.25, -0.2) is 8.78 Å². The Kier molecular flexibility index (Phi) is 4.11. The van der Waals surface area contributed by atoms with Gasteiger partial charge in [-0.05, 0) is 5.41 Å². The number of nitrogens with one attached hydrogen (secondary N) is 1. The van der Waals surface area contributed by atoms with Gasteiger partial charge in [-0.15, -0.1) is 0 Å². The first-order valence-electron chi connectivity index (χ1n) is 5.69. The highest BCUT2D eigenvalue weighted by atomic mass is 19.3. The summed E-state index contributed by atoms with van der Waals surface area (Å²) >= 11 is 0. The van der Waals surface area contributed by atoms with Crippen LogP contribution in [0.15, 0.2) is 0 Å². The van der Waals surface area contributed by atoms with E-state index in [4.69, 9.17) is 0 Å². The van der Waals surface area contributed by atoms with Crippen molar-refractivity contribution in [2.45, 2.75) is 39.2 Å². The van der Waals surface area contributed by atoms with Gasteiger partial charge < -0.3 is 10.2 Å². The number of halogens is 4. The van der Waals surface area contributed by atoms with E-state index in [1.807, 2.05) is 0 Å². The summed E-state index contributed by atoms with van der Waals surface area (Å²) in [6.07, 6.45) is -3.88. The summed E-state index contributed by atoms with van der Waals surface area (Å²) in [5.41, 5.74) is -0.689. The third kappa shape index (κ3) is 3.57. The van der Waals surface area contributed by atoms with Crippen molar-refractivity contribution in [3.8, 4) is 0 Å². The number of amides is 2. The van der Waals surface area contributed by atoms with Crippen LogP contribution in [0.5, 0.6) is 0 Å². The molecule has 1 aliphatic rings. The van der Waals surface area contributed by atoms with Gasteiger partial charge in [0.25, 0.3) is 0 Å². The highest BCUT2D eigenvalue weighted by Gasteiger charge is 2.47. The van der Waals surface area contributed by atoms with E-state index < -0.39 is 48.7 Å². The van der Waals surface area contributed by atoms with Gasteiger partial charge in [-0.1, -0.05) is 20.8 Å². The highest BCUT2D eigenvalue weighted by molar-refractivity contribution is 5.95. The normalized spacial score (nSPS) is 21.9. The number of piperazine rings is 1. The molecule has 0 bridgehead atoms. The lowest BCUT2D eigenvalue weighted by Gasteiger charge is -2.39. The number of carbonyl (C=O) groups excluding carboxylic acids is 2. The average molecular weight is 284 g/mol. The summed E-state index contributed by atoms with van der Waals surface area (Å²) in [5.74, 6) is -5.73.